The van der Waals surface area contributed by atoms with Gasteiger partial charge in [-0.2, -0.15) is 36.2 Å². The lowest BCUT2D eigenvalue weighted by molar-refractivity contribution is -0.121. The van der Waals surface area contributed by atoms with E-state index in [1.807, 2.05) is 37.4 Å². The molecule has 0 radical (unpaired) electrons. The van der Waals surface area contributed by atoms with Gasteiger partial charge in [0.1, 0.15) is 0 Å². The second-order valence-corrected chi connectivity index (χ2v) is 7.12. The third-order valence-corrected chi connectivity index (χ3v) is 5.96. The fourth-order valence-electron chi connectivity index (χ4n) is 1.28. The Morgan fingerprint density at radius 1 is 1.53 bits per heavy atom. The van der Waals surface area contributed by atoms with E-state index in [1.165, 1.54) is 11.5 Å². The van der Waals surface area contributed by atoms with E-state index in [2.05, 4.69) is 17.9 Å². The molecule has 88 valence electrons. The van der Waals surface area contributed by atoms with Gasteiger partial charge in [-0.15, -0.1) is 0 Å². The number of hydrogen-bond acceptors (Lipinski definition) is 4. The SMILES string of the molecule is CC(C)C(S)C(=O)NCC1CSCCS1. The Balaban J connectivity index is 2.20. The van der Waals surface area contributed by atoms with E-state index in [-0.39, 0.29) is 11.2 Å². The van der Waals surface area contributed by atoms with E-state index >= 15 is 0 Å². The molecule has 0 aliphatic carbocycles. The first kappa shape index (κ1) is 13.6. The van der Waals surface area contributed by atoms with Crippen molar-refractivity contribution in [2.45, 2.75) is 24.3 Å². The molecule has 0 saturated carbocycles. The maximum Gasteiger partial charge on any atom is 0.233 e. The van der Waals surface area contributed by atoms with Crippen molar-refractivity contribution in [3.8, 4) is 0 Å². The summed E-state index contributed by atoms with van der Waals surface area (Å²) in [5.41, 5.74) is 0. The lowest BCUT2D eigenvalue weighted by atomic mass is 10.1. The van der Waals surface area contributed by atoms with E-state index in [1.54, 1.807) is 0 Å². The number of amides is 1. The Morgan fingerprint density at radius 3 is 2.80 bits per heavy atom. The maximum absolute atomic E-state index is 11.6. The maximum atomic E-state index is 11.6. The number of carbonyl (C=O) groups excluding carboxylic acids is 1. The normalized spacial score (nSPS) is 23.9. The van der Waals surface area contributed by atoms with Gasteiger partial charge in [0.2, 0.25) is 5.91 Å². The molecule has 0 aromatic carbocycles. The molecule has 2 atom stereocenters. The minimum absolute atomic E-state index is 0.0736. The van der Waals surface area contributed by atoms with Crippen molar-refractivity contribution in [3.05, 3.63) is 0 Å². The molecule has 0 aromatic heterocycles. The molecule has 1 heterocycles. The van der Waals surface area contributed by atoms with Gasteiger partial charge in [-0.25, -0.2) is 0 Å². The quantitative estimate of drug-likeness (QED) is 0.761. The van der Waals surface area contributed by atoms with Crippen LogP contribution in [0.15, 0.2) is 0 Å². The van der Waals surface area contributed by atoms with E-state index in [9.17, 15) is 4.79 Å². The summed E-state index contributed by atoms with van der Waals surface area (Å²) < 4.78 is 0. The standard InChI is InChI=1S/C10H19NOS3/c1-7(2)9(13)10(12)11-5-8-6-14-3-4-15-8/h7-9,13H,3-6H2,1-2H3,(H,11,12). The molecule has 2 nitrogen and oxygen atoms in total. The van der Waals surface area contributed by atoms with E-state index < -0.39 is 0 Å². The van der Waals surface area contributed by atoms with Crippen LogP contribution in [-0.2, 0) is 4.79 Å². The average Bonchev–Trinajstić information content (AvgIpc) is 2.26. The second-order valence-electron chi connectivity index (χ2n) is 4.00. The number of carbonyl (C=O) groups is 1. The summed E-state index contributed by atoms with van der Waals surface area (Å²) in [6.07, 6.45) is 0. The van der Waals surface area contributed by atoms with Gasteiger partial charge >= 0.3 is 0 Å². The molecule has 15 heavy (non-hydrogen) atoms. The Hall–Kier alpha value is 0.520. The van der Waals surface area contributed by atoms with Gasteiger partial charge < -0.3 is 5.32 Å². The number of rotatable bonds is 4. The van der Waals surface area contributed by atoms with Crippen molar-refractivity contribution < 1.29 is 4.79 Å². The van der Waals surface area contributed by atoms with Crippen LogP contribution in [0.2, 0.25) is 0 Å². The van der Waals surface area contributed by atoms with Gasteiger partial charge in [-0.3, -0.25) is 4.79 Å². The molecule has 1 fully saturated rings. The summed E-state index contributed by atoms with van der Waals surface area (Å²) in [6.45, 7) is 4.82. The highest BCUT2D eigenvalue weighted by atomic mass is 32.2. The zero-order valence-electron chi connectivity index (χ0n) is 9.23. The fourth-order valence-corrected chi connectivity index (χ4v) is 3.98. The first-order chi connectivity index (χ1) is 7.11. The third-order valence-electron chi connectivity index (χ3n) is 2.29. The molecule has 1 saturated heterocycles. The molecule has 1 aliphatic rings. The highest BCUT2D eigenvalue weighted by molar-refractivity contribution is 8.06. The minimum Gasteiger partial charge on any atom is -0.354 e. The monoisotopic (exact) mass is 265 g/mol. The smallest absolute Gasteiger partial charge is 0.233 e. The Morgan fingerprint density at radius 2 is 2.27 bits per heavy atom. The Labute approximate surface area is 106 Å². The molecular weight excluding hydrogens is 246 g/mol. The summed E-state index contributed by atoms with van der Waals surface area (Å²) in [5.74, 6) is 3.98. The number of thioether (sulfide) groups is 2. The van der Waals surface area contributed by atoms with Crippen LogP contribution in [0.3, 0.4) is 0 Å². The van der Waals surface area contributed by atoms with Gasteiger partial charge in [-0.1, -0.05) is 13.8 Å². The van der Waals surface area contributed by atoms with Crippen LogP contribution >= 0.6 is 36.2 Å². The number of thiol groups is 1. The van der Waals surface area contributed by atoms with Crippen LogP contribution in [0.4, 0.5) is 0 Å². The summed E-state index contributed by atoms with van der Waals surface area (Å²) in [7, 11) is 0. The van der Waals surface area contributed by atoms with Crippen molar-refractivity contribution in [1.29, 1.82) is 0 Å². The molecular formula is C10H19NOS3. The van der Waals surface area contributed by atoms with Crippen LogP contribution in [-0.4, -0.2) is 40.2 Å². The number of nitrogens with one attached hydrogen (secondary N) is 1. The van der Waals surface area contributed by atoms with Crippen LogP contribution < -0.4 is 5.32 Å². The molecule has 1 amide bonds. The molecule has 0 aromatic rings. The Kier molecular flexibility index (Phi) is 6.31. The first-order valence-electron chi connectivity index (χ1n) is 5.26. The molecule has 1 rings (SSSR count). The van der Waals surface area contributed by atoms with Crippen LogP contribution in [0.5, 0.6) is 0 Å². The number of hydrogen-bond donors (Lipinski definition) is 2. The van der Waals surface area contributed by atoms with E-state index in [0.717, 1.165) is 12.3 Å². The van der Waals surface area contributed by atoms with Crippen molar-refractivity contribution in [2.75, 3.05) is 23.8 Å². The van der Waals surface area contributed by atoms with Crippen LogP contribution in [0.25, 0.3) is 0 Å². The van der Waals surface area contributed by atoms with Crippen molar-refractivity contribution in [1.82, 2.24) is 5.32 Å². The molecule has 2 unspecified atom stereocenters. The predicted molar refractivity (Wildman–Crippen MR) is 74.2 cm³/mol. The lowest BCUT2D eigenvalue weighted by Crippen LogP contribution is -2.39. The zero-order valence-corrected chi connectivity index (χ0v) is 11.8. The highest BCUT2D eigenvalue weighted by Crippen LogP contribution is 2.23. The Bertz CT molecular complexity index is 205. The van der Waals surface area contributed by atoms with Crippen molar-refractivity contribution >= 4 is 42.1 Å². The topological polar surface area (TPSA) is 29.1 Å². The minimum atomic E-state index is -0.175. The van der Waals surface area contributed by atoms with Gasteiger partial charge in [0, 0.05) is 29.1 Å². The van der Waals surface area contributed by atoms with Gasteiger partial charge in [0.15, 0.2) is 0 Å². The van der Waals surface area contributed by atoms with Crippen LogP contribution in [0.1, 0.15) is 13.8 Å². The van der Waals surface area contributed by atoms with Crippen molar-refractivity contribution in [3.63, 3.8) is 0 Å². The molecule has 5 heteroatoms. The van der Waals surface area contributed by atoms with Gasteiger partial charge in [0.25, 0.3) is 0 Å². The molecule has 1 aliphatic heterocycles. The third kappa shape index (κ3) is 4.91. The first-order valence-corrected chi connectivity index (χ1v) is 7.98. The summed E-state index contributed by atoms with van der Waals surface area (Å²) in [4.78, 5) is 11.6. The highest BCUT2D eigenvalue weighted by Gasteiger charge is 2.20. The van der Waals surface area contributed by atoms with Crippen molar-refractivity contribution in [2.24, 2.45) is 5.92 Å². The van der Waals surface area contributed by atoms with Gasteiger partial charge in [-0.05, 0) is 5.92 Å². The van der Waals surface area contributed by atoms with Crippen LogP contribution in [0, 0.1) is 5.92 Å². The molecule has 0 bridgehead atoms. The second kappa shape index (κ2) is 6.97. The van der Waals surface area contributed by atoms with E-state index in [4.69, 9.17) is 0 Å². The van der Waals surface area contributed by atoms with Gasteiger partial charge in [0.05, 0.1) is 5.25 Å². The lowest BCUT2D eigenvalue weighted by Gasteiger charge is -2.22. The molecule has 1 N–H and O–H groups in total. The summed E-state index contributed by atoms with van der Waals surface area (Å²) >= 11 is 8.24. The fraction of sp³-hybridized carbons (Fsp3) is 0.900. The zero-order chi connectivity index (χ0) is 11.3. The average molecular weight is 265 g/mol. The summed E-state index contributed by atoms with van der Waals surface area (Å²) in [6, 6.07) is 0. The summed E-state index contributed by atoms with van der Waals surface area (Å²) in [5, 5.41) is 3.39. The molecule has 0 spiro atoms. The van der Waals surface area contributed by atoms with E-state index in [0.29, 0.717) is 11.2 Å². The predicted octanol–water partition coefficient (Wildman–Crippen LogP) is 1.91. The largest absolute Gasteiger partial charge is 0.354 e.